The number of likely N-dealkylation sites (tertiary alicyclic amines) is 1. The highest BCUT2D eigenvalue weighted by Gasteiger charge is 2.34. The van der Waals surface area contributed by atoms with Crippen molar-refractivity contribution in [2.24, 2.45) is 0 Å². The van der Waals surface area contributed by atoms with Crippen molar-refractivity contribution in [1.29, 1.82) is 0 Å². The van der Waals surface area contributed by atoms with Crippen molar-refractivity contribution in [3.63, 3.8) is 0 Å². The average molecular weight is 311 g/mol. The maximum absolute atomic E-state index is 12.3. The van der Waals surface area contributed by atoms with Crippen LogP contribution in [-0.2, 0) is 4.74 Å². The van der Waals surface area contributed by atoms with Gasteiger partial charge in [-0.1, -0.05) is 0 Å². The Balaban J connectivity index is 1.66. The lowest BCUT2D eigenvalue weighted by molar-refractivity contribution is 0.0231. The van der Waals surface area contributed by atoms with Crippen LogP contribution in [0.2, 0.25) is 0 Å². The van der Waals surface area contributed by atoms with E-state index in [0.29, 0.717) is 12.1 Å². The van der Waals surface area contributed by atoms with Crippen LogP contribution in [0.25, 0.3) is 0 Å². The Kier molecular flexibility index (Phi) is 6.09. The van der Waals surface area contributed by atoms with Crippen molar-refractivity contribution in [3.05, 3.63) is 0 Å². The molecule has 128 valence electrons. The van der Waals surface area contributed by atoms with Gasteiger partial charge in [-0.05, 0) is 79.6 Å². The van der Waals surface area contributed by atoms with E-state index < -0.39 is 5.60 Å². The van der Waals surface area contributed by atoms with E-state index in [0.717, 1.165) is 32.4 Å². The van der Waals surface area contributed by atoms with Crippen LogP contribution in [0.1, 0.15) is 52.9 Å². The molecule has 1 aliphatic carbocycles. The smallest absolute Gasteiger partial charge is 0.410 e. The predicted molar refractivity (Wildman–Crippen MR) is 89.1 cm³/mol. The fraction of sp³-hybridized carbons (Fsp3) is 0.941. The number of hydrogen-bond donors (Lipinski definition) is 1. The van der Waals surface area contributed by atoms with E-state index in [2.05, 4.69) is 17.3 Å². The van der Waals surface area contributed by atoms with Crippen molar-refractivity contribution < 1.29 is 9.53 Å². The molecule has 0 atom stereocenters. The number of carbonyl (C=O) groups excluding carboxylic acids is 1. The van der Waals surface area contributed by atoms with Gasteiger partial charge < -0.3 is 19.9 Å². The first-order valence-corrected chi connectivity index (χ1v) is 8.77. The second kappa shape index (κ2) is 7.64. The number of amides is 1. The predicted octanol–water partition coefficient (Wildman–Crippen LogP) is 2.46. The second-order valence-corrected chi connectivity index (χ2v) is 7.79. The van der Waals surface area contributed by atoms with Gasteiger partial charge in [-0.15, -0.1) is 0 Å². The quantitative estimate of drug-likeness (QED) is 0.765. The molecule has 1 aliphatic heterocycles. The van der Waals surface area contributed by atoms with Gasteiger partial charge in [0.25, 0.3) is 0 Å². The zero-order chi connectivity index (χ0) is 16.2. The summed E-state index contributed by atoms with van der Waals surface area (Å²) >= 11 is 0. The summed E-state index contributed by atoms with van der Waals surface area (Å²) in [7, 11) is 2.19. The topological polar surface area (TPSA) is 44.8 Å². The van der Waals surface area contributed by atoms with Crippen LogP contribution in [0.15, 0.2) is 0 Å². The van der Waals surface area contributed by atoms with E-state index in [4.69, 9.17) is 4.74 Å². The minimum atomic E-state index is -0.406. The molecule has 2 fully saturated rings. The highest BCUT2D eigenvalue weighted by molar-refractivity contribution is 5.69. The molecule has 1 N–H and O–H groups in total. The summed E-state index contributed by atoms with van der Waals surface area (Å²) in [6.07, 6.45) is 5.57. The van der Waals surface area contributed by atoms with E-state index in [-0.39, 0.29) is 6.09 Å². The molecule has 2 aliphatic rings. The lowest BCUT2D eigenvalue weighted by atomic mass is 10.1. The standard InChI is InChI=1S/C17H33N3O2/c1-17(2,3)22-16(21)20(15-6-7-15)11-5-10-18-14-8-12-19(4)13-9-14/h14-15,18H,5-13H2,1-4H3. The van der Waals surface area contributed by atoms with Crippen molar-refractivity contribution in [2.45, 2.75) is 70.6 Å². The Labute approximate surface area is 135 Å². The summed E-state index contributed by atoms with van der Waals surface area (Å²) in [5, 5.41) is 3.64. The normalized spacial score (nSPS) is 20.9. The highest BCUT2D eigenvalue weighted by atomic mass is 16.6. The van der Waals surface area contributed by atoms with Gasteiger partial charge in [-0.3, -0.25) is 0 Å². The van der Waals surface area contributed by atoms with E-state index >= 15 is 0 Å². The number of carbonyl (C=O) groups is 1. The minimum absolute atomic E-state index is 0.144. The van der Waals surface area contributed by atoms with Gasteiger partial charge >= 0.3 is 6.09 Å². The van der Waals surface area contributed by atoms with Gasteiger partial charge in [0.05, 0.1) is 0 Å². The molecule has 1 amide bonds. The molecule has 0 spiro atoms. The summed E-state index contributed by atoms with van der Waals surface area (Å²) in [5.41, 5.74) is -0.406. The molecule has 5 nitrogen and oxygen atoms in total. The largest absolute Gasteiger partial charge is 0.444 e. The van der Waals surface area contributed by atoms with E-state index in [9.17, 15) is 4.79 Å². The Morgan fingerprint density at radius 3 is 2.41 bits per heavy atom. The maximum atomic E-state index is 12.3. The molecule has 0 aromatic rings. The third-order valence-electron chi connectivity index (χ3n) is 4.34. The zero-order valence-electron chi connectivity index (χ0n) is 14.7. The van der Waals surface area contributed by atoms with Crippen molar-refractivity contribution >= 4 is 6.09 Å². The Morgan fingerprint density at radius 2 is 1.86 bits per heavy atom. The second-order valence-electron chi connectivity index (χ2n) is 7.79. The molecular formula is C17H33N3O2. The van der Waals surface area contributed by atoms with Gasteiger partial charge in [-0.25, -0.2) is 4.79 Å². The molecular weight excluding hydrogens is 278 g/mol. The lowest BCUT2D eigenvalue weighted by Gasteiger charge is -2.30. The van der Waals surface area contributed by atoms with Crippen molar-refractivity contribution in [2.75, 3.05) is 33.2 Å². The maximum Gasteiger partial charge on any atom is 0.410 e. The van der Waals surface area contributed by atoms with Crippen LogP contribution < -0.4 is 5.32 Å². The van der Waals surface area contributed by atoms with Crippen molar-refractivity contribution in [1.82, 2.24) is 15.1 Å². The molecule has 1 heterocycles. The molecule has 0 bridgehead atoms. The zero-order valence-corrected chi connectivity index (χ0v) is 14.7. The summed E-state index contributed by atoms with van der Waals surface area (Å²) in [6, 6.07) is 1.06. The molecule has 22 heavy (non-hydrogen) atoms. The molecule has 1 saturated carbocycles. The van der Waals surface area contributed by atoms with Crippen LogP contribution >= 0.6 is 0 Å². The monoisotopic (exact) mass is 311 g/mol. The van der Waals surface area contributed by atoms with Crippen molar-refractivity contribution in [3.8, 4) is 0 Å². The summed E-state index contributed by atoms with van der Waals surface area (Å²) < 4.78 is 5.52. The summed E-state index contributed by atoms with van der Waals surface area (Å²) in [6.45, 7) is 9.94. The van der Waals surface area contributed by atoms with Gasteiger partial charge in [0, 0.05) is 18.6 Å². The Hall–Kier alpha value is -0.810. The van der Waals surface area contributed by atoms with E-state index in [1.165, 1.54) is 25.9 Å². The SMILES string of the molecule is CN1CCC(NCCCN(C(=O)OC(C)(C)C)C2CC2)CC1. The first kappa shape index (κ1) is 17.5. The number of rotatable bonds is 6. The van der Waals surface area contributed by atoms with Gasteiger partial charge in [0.15, 0.2) is 0 Å². The number of nitrogens with one attached hydrogen (secondary N) is 1. The Morgan fingerprint density at radius 1 is 1.23 bits per heavy atom. The fourth-order valence-corrected chi connectivity index (χ4v) is 2.90. The third-order valence-corrected chi connectivity index (χ3v) is 4.34. The molecule has 5 heteroatoms. The van der Waals surface area contributed by atoms with Crippen LogP contribution in [0.3, 0.4) is 0 Å². The minimum Gasteiger partial charge on any atom is -0.444 e. The van der Waals surface area contributed by atoms with E-state index in [1.807, 2.05) is 25.7 Å². The first-order chi connectivity index (χ1) is 10.3. The fourth-order valence-electron chi connectivity index (χ4n) is 2.90. The highest BCUT2D eigenvalue weighted by Crippen LogP contribution is 2.28. The average Bonchev–Trinajstić information content (AvgIpc) is 3.23. The molecule has 0 unspecified atom stereocenters. The van der Waals surface area contributed by atoms with Crippen LogP contribution in [0.4, 0.5) is 4.79 Å². The first-order valence-electron chi connectivity index (χ1n) is 8.77. The summed E-state index contributed by atoms with van der Waals surface area (Å²) in [4.78, 5) is 16.6. The molecule has 0 radical (unpaired) electrons. The Bertz CT molecular complexity index is 355. The van der Waals surface area contributed by atoms with Gasteiger partial charge in [-0.2, -0.15) is 0 Å². The van der Waals surface area contributed by atoms with Crippen LogP contribution in [-0.4, -0.2) is 66.8 Å². The molecule has 0 aromatic heterocycles. The van der Waals surface area contributed by atoms with E-state index in [1.54, 1.807) is 0 Å². The number of piperidine rings is 1. The third kappa shape index (κ3) is 6.13. The van der Waals surface area contributed by atoms with Crippen LogP contribution in [0, 0.1) is 0 Å². The number of hydrogen-bond acceptors (Lipinski definition) is 4. The van der Waals surface area contributed by atoms with Gasteiger partial charge in [0.2, 0.25) is 0 Å². The van der Waals surface area contributed by atoms with Gasteiger partial charge in [0.1, 0.15) is 5.60 Å². The summed E-state index contributed by atoms with van der Waals surface area (Å²) in [5.74, 6) is 0. The molecule has 1 saturated heterocycles. The molecule has 2 rings (SSSR count). The number of nitrogens with zero attached hydrogens (tertiary/aromatic N) is 2. The van der Waals surface area contributed by atoms with Crippen LogP contribution in [0.5, 0.6) is 0 Å². The molecule has 0 aromatic carbocycles. The lowest BCUT2D eigenvalue weighted by Crippen LogP contribution is -2.42. The number of ether oxygens (including phenoxy) is 1.